The number of nitrogens with one attached hydrogen (secondary N) is 1. The molecule has 0 aromatic carbocycles. The Bertz CT molecular complexity index is 410. The third-order valence-corrected chi connectivity index (χ3v) is 2.55. The Morgan fingerprint density at radius 1 is 1.56 bits per heavy atom. The van der Waals surface area contributed by atoms with Gasteiger partial charge in [0, 0.05) is 18.5 Å². The maximum Gasteiger partial charge on any atom is 0.333 e. The number of carbonyl (C=O) groups is 1. The van der Waals surface area contributed by atoms with Crippen molar-refractivity contribution in [2.75, 3.05) is 13.7 Å². The fourth-order valence-corrected chi connectivity index (χ4v) is 1.47. The van der Waals surface area contributed by atoms with Gasteiger partial charge in [-0.3, -0.25) is 0 Å². The van der Waals surface area contributed by atoms with E-state index in [1.54, 1.807) is 6.20 Å². The second kappa shape index (κ2) is 7.66. The van der Waals surface area contributed by atoms with Crippen molar-refractivity contribution >= 4 is 5.97 Å². The average molecular weight is 252 g/mol. The highest BCUT2D eigenvalue weighted by Crippen LogP contribution is 2.04. The highest BCUT2D eigenvalue weighted by atomic mass is 16.5. The second-order valence-electron chi connectivity index (χ2n) is 3.78. The molecule has 0 amide bonds. The van der Waals surface area contributed by atoms with Crippen molar-refractivity contribution in [3.63, 3.8) is 0 Å². The standard InChI is InChI=1S/C13H20N2O3/c1-4-10(13(16)17-3)6-7-14-9-12-15-8-11(5-2)18-12/h6,8,14H,4-5,7,9H2,1-3H3/b10-6-. The predicted molar refractivity (Wildman–Crippen MR) is 68.0 cm³/mol. The van der Waals surface area contributed by atoms with Crippen molar-refractivity contribution in [3.8, 4) is 0 Å². The van der Waals surface area contributed by atoms with Crippen LogP contribution in [0.1, 0.15) is 31.9 Å². The summed E-state index contributed by atoms with van der Waals surface area (Å²) in [6.45, 7) is 5.07. The summed E-state index contributed by atoms with van der Waals surface area (Å²) in [5.41, 5.74) is 0.673. The normalized spacial score (nSPS) is 11.6. The van der Waals surface area contributed by atoms with Gasteiger partial charge in [-0.25, -0.2) is 9.78 Å². The zero-order chi connectivity index (χ0) is 13.4. The van der Waals surface area contributed by atoms with E-state index in [0.717, 1.165) is 12.2 Å². The van der Waals surface area contributed by atoms with Gasteiger partial charge in [0.1, 0.15) is 5.76 Å². The van der Waals surface area contributed by atoms with Gasteiger partial charge in [0.25, 0.3) is 0 Å². The Morgan fingerprint density at radius 3 is 2.89 bits per heavy atom. The Morgan fingerprint density at radius 2 is 2.33 bits per heavy atom. The van der Waals surface area contributed by atoms with E-state index in [1.807, 2.05) is 19.9 Å². The lowest BCUT2D eigenvalue weighted by atomic mass is 10.2. The van der Waals surface area contributed by atoms with Crippen LogP contribution in [0.25, 0.3) is 0 Å². The number of aryl methyl sites for hydroxylation is 1. The summed E-state index contributed by atoms with van der Waals surface area (Å²) >= 11 is 0. The molecule has 0 unspecified atom stereocenters. The molecule has 100 valence electrons. The monoisotopic (exact) mass is 252 g/mol. The highest BCUT2D eigenvalue weighted by Gasteiger charge is 2.06. The van der Waals surface area contributed by atoms with E-state index in [4.69, 9.17) is 4.42 Å². The Labute approximate surface area is 107 Å². The minimum Gasteiger partial charge on any atom is -0.466 e. The zero-order valence-corrected chi connectivity index (χ0v) is 11.2. The molecule has 0 saturated carbocycles. The van der Waals surface area contributed by atoms with Crippen LogP contribution in [-0.4, -0.2) is 24.6 Å². The molecule has 5 nitrogen and oxygen atoms in total. The van der Waals surface area contributed by atoms with Gasteiger partial charge in [0.2, 0.25) is 5.89 Å². The molecule has 0 radical (unpaired) electrons. The highest BCUT2D eigenvalue weighted by molar-refractivity contribution is 5.88. The van der Waals surface area contributed by atoms with Crippen LogP contribution in [-0.2, 0) is 22.5 Å². The molecule has 1 N–H and O–H groups in total. The van der Waals surface area contributed by atoms with Gasteiger partial charge in [-0.2, -0.15) is 0 Å². The molecule has 0 saturated heterocycles. The molecule has 0 bridgehead atoms. The number of methoxy groups -OCH3 is 1. The predicted octanol–water partition coefficient (Wildman–Crippen LogP) is 1.84. The van der Waals surface area contributed by atoms with Crippen molar-refractivity contribution < 1.29 is 13.9 Å². The van der Waals surface area contributed by atoms with Crippen LogP contribution < -0.4 is 5.32 Å². The molecule has 0 spiro atoms. The fourth-order valence-electron chi connectivity index (χ4n) is 1.47. The van der Waals surface area contributed by atoms with E-state index in [2.05, 4.69) is 15.0 Å². The molecule has 18 heavy (non-hydrogen) atoms. The lowest BCUT2D eigenvalue weighted by Crippen LogP contribution is -2.15. The third-order valence-electron chi connectivity index (χ3n) is 2.55. The third kappa shape index (κ3) is 4.33. The lowest BCUT2D eigenvalue weighted by Gasteiger charge is -2.02. The zero-order valence-electron chi connectivity index (χ0n) is 11.2. The van der Waals surface area contributed by atoms with Crippen LogP contribution in [0, 0.1) is 0 Å². The number of nitrogens with zero attached hydrogens (tertiary/aromatic N) is 1. The summed E-state index contributed by atoms with van der Waals surface area (Å²) in [5.74, 6) is 1.27. The molecule has 1 aromatic heterocycles. The van der Waals surface area contributed by atoms with Gasteiger partial charge in [-0.15, -0.1) is 0 Å². The van der Waals surface area contributed by atoms with Gasteiger partial charge < -0.3 is 14.5 Å². The first-order valence-electron chi connectivity index (χ1n) is 6.12. The number of carbonyl (C=O) groups excluding carboxylic acids is 1. The summed E-state index contributed by atoms with van der Waals surface area (Å²) in [4.78, 5) is 15.4. The van der Waals surface area contributed by atoms with E-state index in [0.29, 0.717) is 31.0 Å². The fraction of sp³-hybridized carbons (Fsp3) is 0.538. The Balaban J connectivity index is 2.37. The van der Waals surface area contributed by atoms with Crippen LogP contribution in [0.15, 0.2) is 22.3 Å². The van der Waals surface area contributed by atoms with Crippen LogP contribution in [0.2, 0.25) is 0 Å². The molecule has 0 aliphatic heterocycles. The van der Waals surface area contributed by atoms with Crippen molar-refractivity contribution in [2.45, 2.75) is 33.2 Å². The van der Waals surface area contributed by atoms with Crippen molar-refractivity contribution in [1.82, 2.24) is 10.3 Å². The molecule has 0 aliphatic rings. The van der Waals surface area contributed by atoms with Crippen LogP contribution in [0.3, 0.4) is 0 Å². The van der Waals surface area contributed by atoms with E-state index < -0.39 is 0 Å². The van der Waals surface area contributed by atoms with Gasteiger partial charge in [0.05, 0.1) is 19.9 Å². The maximum absolute atomic E-state index is 11.3. The minimum atomic E-state index is -0.274. The molecule has 0 atom stereocenters. The van der Waals surface area contributed by atoms with Crippen LogP contribution >= 0.6 is 0 Å². The van der Waals surface area contributed by atoms with E-state index in [1.165, 1.54) is 7.11 Å². The summed E-state index contributed by atoms with van der Waals surface area (Å²) < 4.78 is 10.1. The van der Waals surface area contributed by atoms with Gasteiger partial charge >= 0.3 is 5.97 Å². The number of hydrogen-bond acceptors (Lipinski definition) is 5. The minimum absolute atomic E-state index is 0.274. The molecule has 1 heterocycles. The summed E-state index contributed by atoms with van der Waals surface area (Å²) in [7, 11) is 1.39. The first kappa shape index (κ1) is 14.4. The van der Waals surface area contributed by atoms with Crippen molar-refractivity contribution in [2.24, 2.45) is 0 Å². The largest absolute Gasteiger partial charge is 0.466 e. The molecule has 0 aliphatic carbocycles. The lowest BCUT2D eigenvalue weighted by molar-refractivity contribution is -0.136. The van der Waals surface area contributed by atoms with Gasteiger partial charge in [-0.05, 0) is 6.42 Å². The van der Waals surface area contributed by atoms with Gasteiger partial charge in [-0.1, -0.05) is 19.9 Å². The van der Waals surface area contributed by atoms with E-state index in [9.17, 15) is 4.79 Å². The van der Waals surface area contributed by atoms with Crippen LogP contribution in [0.4, 0.5) is 0 Å². The molecule has 0 fully saturated rings. The van der Waals surface area contributed by atoms with E-state index >= 15 is 0 Å². The number of rotatable bonds is 7. The number of ether oxygens (including phenoxy) is 1. The van der Waals surface area contributed by atoms with E-state index in [-0.39, 0.29) is 5.97 Å². The summed E-state index contributed by atoms with van der Waals surface area (Å²) in [5, 5.41) is 3.14. The number of esters is 1. The molecule has 1 aromatic rings. The first-order valence-corrected chi connectivity index (χ1v) is 6.12. The SMILES string of the molecule is CC/C(=C/CNCc1ncc(CC)o1)C(=O)OC. The molecular weight excluding hydrogens is 232 g/mol. The first-order chi connectivity index (χ1) is 8.71. The number of oxazole rings is 1. The van der Waals surface area contributed by atoms with Crippen molar-refractivity contribution in [1.29, 1.82) is 0 Å². The summed E-state index contributed by atoms with van der Waals surface area (Å²) in [6, 6.07) is 0. The van der Waals surface area contributed by atoms with Gasteiger partial charge in [0.15, 0.2) is 0 Å². The topological polar surface area (TPSA) is 64.4 Å². The Hall–Kier alpha value is -1.62. The maximum atomic E-state index is 11.3. The second-order valence-corrected chi connectivity index (χ2v) is 3.78. The molecular formula is C13H20N2O3. The summed E-state index contributed by atoms with van der Waals surface area (Å²) in [6.07, 6.45) is 5.07. The number of hydrogen-bond donors (Lipinski definition) is 1. The van der Waals surface area contributed by atoms with Crippen molar-refractivity contribution in [3.05, 3.63) is 29.5 Å². The Kier molecular flexibility index (Phi) is 6.14. The quantitative estimate of drug-likeness (QED) is 0.455. The molecule has 5 heteroatoms. The molecule has 1 rings (SSSR count). The number of aromatic nitrogens is 1. The smallest absolute Gasteiger partial charge is 0.333 e. The average Bonchev–Trinajstić information content (AvgIpc) is 2.86. The van der Waals surface area contributed by atoms with Crippen LogP contribution in [0.5, 0.6) is 0 Å².